The fourth-order valence-electron chi connectivity index (χ4n) is 0.917. The lowest BCUT2D eigenvalue weighted by molar-refractivity contribution is 0.578. The van der Waals surface area contributed by atoms with Gasteiger partial charge < -0.3 is 0 Å². The van der Waals surface area contributed by atoms with Crippen molar-refractivity contribution in [1.82, 2.24) is 0 Å². The maximum atomic E-state index is 12.9. The molecule has 62 valence electrons. The molecule has 2 heteroatoms. The van der Waals surface area contributed by atoms with Crippen LogP contribution in [-0.4, -0.2) is 0 Å². The van der Waals surface area contributed by atoms with Gasteiger partial charge in [-0.2, -0.15) is 0 Å². The Morgan fingerprint density at radius 3 is 1.83 bits per heavy atom. The number of hydrogen-bond acceptors (Lipinski definition) is 0. The lowest BCUT2D eigenvalue weighted by atomic mass is 10.1. The van der Waals surface area contributed by atoms with E-state index in [9.17, 15) is 8.78 Å². The minimum Gasteiger partial charge on any atom is -0.206 e. The van der Waals surface area contributed by atoms with E-state index in [0.717, 1.165) is 6.08 Å². The van der Waals surface area contributed by atoms with Gasteiger partial charge in [-0.1, -0.05) is 25.3 Å². The zero-order chi connectivity index (χ0) is 9.14. The Hall–Kier alpha value is -1.44. The van der Waals surface area contributed by atoms with E-state index in [0.29, 0.717) is 5.56 Å². The van der Waals surface area contributed by atoms with E-state index in [-0.39, 0.29) is 5.56 Å². The summed E-state index contributed by atoms with van der Waals surface area (Å²) in [5.41, 5.74) is 0.330. The van der Waals surface area contributed by atoms with Crippen LogP contribution < -0.4 is 0 Å². The van der Waals surface area contributed by atoms with Crippen molar-refractivity contribution in [3.63, 3.8) is 0 Å². The van der Waals surface area contributed by atoms with Crippen LogP contribution in [0.4, 0.5) is 8.78 Å². The van der Waals surface area contributed by atoms with Gasteiger partial charge in [0, 0.05) is 5.56 Å². The van der Waals surface area contributed by atoms with Crippen molar-refractivity contribution in [3.8, 4) is 0 Å². The zero-order valence-corrected chi connectivity index (χ0v) is 6.48. The SMILES string of the molecule is C=Cc1cc(F)c(C=C)c(F)c1. The number of benzene rings is 1. The molecule has 1 aromatic rings. The highest BCUT2D eigenvalue weighted by Gasteiger charge is 2.05. The van der Waals surface area contributed by atoms with Crippen LogP contribution in [0.15, 0.2) is 25.3 Å². The summed E-state index contributed by atoms with van der Waals surface area (Å²) in [6, 6.07) is 2.43. The topological polar surface area (TPSA) is 0 Å². The average molecular weight is 166 g/mol. The number of rotatable bonds is 2. The monoisotopic (exact) mass is 166 g/mol. The van der Waals surface area contributed by atoms with E-state index < -0.39 is 11.6 Å². The van der Waals surface area contributed by atoms with E-state index in [2.05, 4.69) is 13.2 Å². The first-order chi connectivity index (χ1) is 5.69. The Morgan fingerprint density at radius 2 is 1.50 bits per heavy atom. The molecule has 0 spiro atoms. The first kappa shape index (κ1) is 8.65. The molecule has 0 radical (unpaired) electrons. The smallest absolute Gasteiger partial charge is 0.133 e. The van der Waals surface area contributed by atoms with Crippen LogP contribution >= 0.6 is 0 Å². The molecule has 0 nitrogen and oxygen atoms in total. The van der Waals surface area contributed by atoms with Gasteiger partial charge in [-0.15, -0.1) is 0 Å². The van der Waals surface area contributed by atoms with Crippen LogP contribution in [0.3, 0.4) is 0 Å². The van der Waals surface area contributed by atoms with Gasteiger partial charge in [0.15, 0.2) is 0 Å². The lowest BCUT2D eigenvalue weighted by Gasteiger charge is -2.00. The van der Waals surface area contributed by atoms with Crippen LogP contribution in [-0.2, 0) is 0 Å². The molecule has 1 rings (SSSR count). The predicted molar refractivity (Wildman–Crippen MR) is 46.5 cm³/mol. The maximum Gasteiger partial charge on any atom is 0.133 e. The highest BCUT2D eigenvalue weighted by atomic mass is 19.1. The lowest BCUT2D eigenvalue weighted by Crippen LogP contribution is -1.89. The molecule has 0 unspecified atom stereocenters. The second kappa shape index (κ2) is 3.30. The largest absolute Gasteiger partial charge is 0.206 e. The van der Waals surface area contributed by atoms with Crippen molar-refractivity contribution in [2.45, 2.75) is 0 Å². The zero-order valence-electron chi connectivity index (χ0n) is 6.48. The Balaban J connectivity index is 3.36. The van der Waals surface area contributed by atoms with Crippen LogP contribution in [0.1, 0.15) is 11.1 Å². The molecule has 12 heavy (non-hydrogen) atoms. The first-order valence-electron chi connectivity index (χ1n) is 3.43. The van der Waals surface area contributed by atoms with Gasteiger partial charge in [0.05, 0.1) is 0 Å². The molecule has 0 N–H and O–H groups in total. The second-order valence-electron chi connectivity index (χ2n) is 2.31. The van der Waals surface area contributed by atoms with E-state index in [1.807, 2.05) is 0 Å². The normalized spacial score (nSPS) is 9.50. The Labute approximate surface area is 69.8 Å². The quantitative estimate of drug-likeness (QED) is 0.632. The third kappa shape index (κ3) is 1.42. The number of halogens is 2. The van der Waals surface area contributed by atoms with Crippen LogP contribution in [0.5, 0.6) is 0 Å². The van der Waals surface area contributed by atoms with Crippen molar-refractivity contribution in [2.75, 3.05) is 0 Å². The van der Waals surface area contributed by atoms with Gasteiger partial charge in [0.2, 0.25) is 0 Å². The average Bonchev–Trinajstić information content (AvgIpc) is 2.03. The highest BCUT2D eigenvalue weighted by molar-refractivity contribution is 5.55. The summed E-state index contributed by atoms with van der Waals surface area (Å²) in [5.74, 6) is -1.22. The Morgan fingerprint density at radius 1 is 1.00 bits per heavy atom. The fraction of sp³-hybridized carbons (Fsp3) is 0. The standard InChI is InChI=1S/C10H8F2/c1-3-7-5-9(11)8(4-2)10(12)6-7/h3-6H,1-2H2. The van der Waals surface area contributed by atoms with E-state index in [1.54, 1.807) is 0 Å². The summed E-state index contributed by atoms with van der Waals surface area (Å²) < 4.78 is 25.9. The van der Waals surface area contributed by atoms with E-state index in [4.69, 9.17) is 0 Å². The van der Waals surface area contributed by atoms with E-state index >= 15 is 0 Å². The summed E-state index contributed by atoms with van der Waals surface area (Å²) in [6.45, 7) is 6.71. The predicted octanol–water partition coefficient (Wildman–Crippen LogP) is 3.25. The van der Waals surface area contributed by atoms with Gasteiger partial charge in [0.1, 0.15) is 11.6 Å². The van der Waals surface area contributed by atoms with Crippen LogP contribution in [0.25, 0.3) is 12.2 Å². The molecule has 0 saturated carbocycles. The summed E-state index contributed by atoms with van der Waals surface area (Å²) in [7, 11) is 0. The van der Waals surface area contributed by atoms with Crippen molar-refractivity contribution in [1.29, 1.82) is 0 Å². The Kier molecular flexibility index (Phi) is 2.38. The summed E-state index contributed by atoms with van der Waals surface area (Å²) >= 11 is 0. The van der Waals surface area contributed by atoms with E-state index in [1.165, 1.54) is 18.2 Å². The molecule has 0 aliphatic rings. The van der Waals surface area contributed by atoms with Crippen molar-refractivity contribution in [3.05, 3.63) is 48.1 Å². The maximum absolute atomic E-state index is 12.9. The summed E-state index contributed by atoms with van der Waals surface area (Å²) in [4.78, 5) is 0. The van der Waals surface area contributed by atoms with Crippen molar-refractivity contribution in [2.24, 2.45) is 0 Å². The molecule has 0 amide bonds. The second-order valence-corrected chi connectivity index (χ2v) is 2.31. The van der Waals surface area contributed by atoms with Gasteiger partial charge in [-0.05, 0) is 17.7 Å². The molecule has 0 aliphatic carbocycles. The molecule has 0 bridgehead atoms. The first-order valence-corrected chi connectivity index (χ1v) is 3.43. The van der Waals surface area contributed by atoms with Crippen molar-refractivity contribution >= 4 is 12.2 Å². The fourth-order valence-corrected chi connectivity index (χ4v) is 0.917. The minimum atomic E-state index is -0.611. The van der Waals surface area contributed by atoms with Crippen molar-refractivity contribution < 1.29 is 8.78 Å². The van der Waals surface area contributed by atoms with Crippen LogP contribution in [0, 0.1) is 11.6 Å². The van der Waals surface area contributed by atoms with Crippen LogP contribution in [0.2, 0.25) is 0 Å². The van der Waals surface area contributed by atoms with Gasteiger partial charge in [-0.3, -0.25) is 0 Å². The highest BCUT2D eigenvalue weighted by Crippen LogP contribution is 2.16. The molecule has 0 atom stereocenters. The van der Waals surface area contributed by atoms with Gasteiger partial charge in [-0.25, -0.2) is 8.78 Å². The third-order valence-corrected chi connectivity index (χ3v) is 1.54. The molecular weight excluding hydrogens is 158 g/mol. The van der Waals surface area contributed by atoms with Gasteiger partial charge in [0.25, 0.3) is 0 Å². The molecule has 0 fully saturated rings. The summed E-state index contributed by atoms with van der Waals surface area (Å²) in [5, 5.41) is 0. The molecule has 0 aliphatic heterocycles. The van der Waals surface area contributed by atoms with Gasteiger partial charge >= 0.3 is 0 Å². The Bertz CT molecular complexity index is 304. The molecule has 0 heterocycles. The minimum absolute atomic E-state index is 0.0967. The molecule has 1 aromatic carbocycles. The number of hydrogen-bond donors (Lipinski definition) is 0. The summed E-state index contributed by atoms with van der Waals surface area (Å²) in [6.07, 6.45) is 2.54. The molecule has 0 aromatic heterocycles. The third-order valence-electron chi connectivity index (χ3n) is 1.54. The molecule has 0 saturated heterocycles. The molecular formula is C10H8F2.